The Hall–Kier alpha value is -1.56. The molecule has 7 heteroatoms. The molecule has 3 nitrogen and oxygen atoms in total. The smallest absolute Gasteiger partial charge is 0.239 e. The van der Waals surface area contributed by atoms with Crippen LogP contribution < -0.4 is 5.32 Å². The van der Waals surface area contributed by atoms with Gasteiger partial charge in [0, 0.05) is 0 Å². The van der Waals surface area contributed by atoms with Crippen LogP contribution in [0.1, 0.15) is 5.56 Å². The molecule has 0 radical (unpaired) electrons. The van der Waals surface area contributed by atoms with Crippen LogP contribution in [0.4, 0.5) is 10.1 Å². The fourth-order valence-electron chi connectivity index (χ4n) is 2.10. The lowest BCUT2D eigenvalue weighted by atomic mass is 10.1. The molecular weight excluding hydrogens is 358 g/mol. The second kappa shape index (κ2) is 6.91. The zero-order chi connectivity index (χ0) is 16.4. The van der Waals surface area contributed by atoms with Gasteiger partial charge in [0.15, 0.2) is 5.17 Å². The molecule has 23 heavy (non-hydrogen) atoms. The second-order valence-electron chi connectivity index (χ2n) is 4.94. The molecule has 0 aromatic heterocycles. The maximum Gasteiger partial charge on any atom is 0.239 e. The van der Waals surface area contributed by atoms with Crippen LogP contribution in [0.3, 0.4) is 0 Å². The van der Waals surface area contributed by atoms with Gasteiger partial charge in [-0.15, -0.1) is 0 Å². The first-order valence-electron chi connectivity index (χ1n) is 6.77. The number of amides is 1. The molecule has 0 unspecified atom stereocenters. The van der Waals surface area contributed by atoms with Crippen LogP contribution in [0.2, 0.25) is 10.0 Å². The van der Waals surface area contributed by atoms with Crippen molar-refractivity contribution < 1.29 is 9.18 Å². The van der Waals surface area contributed by atoms with E-state index < -0.39 is 0 Å². The number of nitrogens with one attached hydrogen (secondary N) is 1. The normalized spacial score (nSPS) is 19.2. The van der Waals surface area contributed by atoms with Gasteiger partial charge in [0.05, 0.1) is 21.0 Å². The highest BCUT2D eigenvalue weighted by atomic mass is 35.5. The van der Waals surface area contributed by atoms with Crippen LogP contribution >= 0.6 is 35.0 Å². The Kier molecular flexibility index (Phi) is 4.90. The standard InChI is InChI=1S/C16H11Cl2FN2OS/c17-12-6-5-11(8-13(12)18)20-16-21-15(22)14(23-16)7-9-1-3-10(19)4-2-9/h1-6,8,14H,7H2,(H,20,21,22)/t14-/m1/s1. The molecule has 1 aliphatic rings. The van der Waals surface area contributed by atoms with Gasteiger partial charge in [-0.2, -0.15) is 0 Å². The number of aliphatic imine (C=N–C) groups is 1. The Morgan fingerprint density at radius 3 is 2.57 bits per heavy atom. The Balaban J connectivity index is 1.72. The maximum atomic E-state index is 12.9. The summed E-state index contributed by atoms with van der Waals surface area (Å²) in [6.45, 7) is 0. The second-order valence-corrected chi connectivity index (χ2v) is 6.95. The lowest BCUT2D eigenvalue weighted by Crippen LogP contribution is -2.25. The molecule has 0 bridgehead atoms. The van der Waals surface area contributed by atoms with Gasteiger partial charge in [-0.3, -0.25) is 4.79 Å². The molecule has 2 aromatic rings. The molecule has 2 aromatic carbocycles. The predicted molar refractivity (Wildman–Crippen MR) is 93.2 cm³/mol. The van der Waals surface area contributed by atoms with E-state index in [0.717, 1.165) is 5.56 Å². The summed E-state index contributed by atoms with van der Waals surface area (Å²) in [5.74, 6) is -0.405. The zero-order valence-electron chi connectivity index (χ0n) is 11.7. The van der Waals surface area contributed by atoms with E-state index in [1.165, 1.54) is 23.9 Å². The van der Waals surface area contributed by atoms with E-state index >= 15 is 0 Å². The Morgan fingerprint density at radius 2 is 1.87 bits per heavy atom. The summed E-state index contributed by atoms with van der Waals surface area (Å²) in [5.41, 5.74) is 1.51. The summed E-state index contributed by atoms with van der Waals surface area (Å²) in [4.78, 5) is 16.4. The van der Waals surface area contributed by atoms with Crippen molar-refractivity contribution in [3.05, 3.63) is 63.9 Å². The van der Waals surface area contributed by atoms with Gasteiger partial charge in [0.2, 0.25) is 5.91 Å². The largest absolute Gasteiger partial charge is 0.304 e. The molecule has 1 N–H and O–H groups in total. The summed E-state index contributed by atoms with van der Waals surface area (Å²) in [7, 11) is 0. The lowest BCUT2D eigenvalue weighted by Gasteiger charge is -2.05. The molecule has 3 rings (SSSR count). The summed E-state index contributed by atoms with van der Waals surface area (Å²) < 4.78 is 12.9. The minimum Gasteiger partial charge on any atom is -0.304 e. The Labute approximate surface area is 146 Å². The molecule has 1 amide bonds. The third kappa shape index (κ3) is 4.05. The van der Waals surface area contributed by atoms with E-state index in [9.17, 15) is 9.18 Å². The number of nitrogens with zero attached hydrogens (tertiary/aromatic N) is 1. The van der Waals surface area contributed by atoms with Crippen molar-refractivity contribution in [2.45, 2.75) is 11.7 Å². The van der Waals surface area contributed by atoms with Crippen LogP contribution in [0.15, 0.2) is 47.5 Å². The minimum atomic E-state index is -0.292. The molecule has 0 aliphatic carbocycles. The summed E-state index contributed by atoms with van der Waals surface area (Å²) in [6.07, 6.45) is 0.511. The van der Waals surface area contributed by atoms with Crippen LogP contribution in [0.25, 0.3) is 0 Å². The molecule has 1 aliphatic heterocycles. The fraction of sp³-hybridized carbons (Fsp3) is 0.125. The van der Waals surface area contributed by atoms with E-state index in [0.29, 0.717) is 27.3 Å². The number of halogens is 3. The average Bonchev–Trinajstić information content (AvgIpc) is 2.85. The number of carbonyl (C=O) groups excluding carboxylic acids is 1. The molecule has 0 spiro atoms. The van der Waals surface area contributed by atoms with Crippen molar-refractivity contribution >= 4 is 51.7 Å². The maximum absolute atomic E-state index is 12.9. The lowest BCUT2D eigenvalue weighted by molar-refractivity contribution is -0.118. The SMILES string of the molecule is O=C1NC(=Nc2ccc(Cl)c(Cl)c2)S[C@@H]1Cc1ccc(F)cc1. The van der Waals surface area contributed by atoms with E-state index in [1.807, 2.05) is 0 Å². The van der Waals surface area contributed by atoms with Crippen LogP contribution in [-0.2, 0) is 11.2 Å². The molecule has 1 atom stereocenters. The van der Waals surface area contributed by atoms with Gasteiger partial charge in [-0.25, -0.2) is 9.38 Å². The zero-order valence-corrected chi connectivity index (χ0v) is 14.1. The molecule has 1 saturated heterocycles. The van der Waals surface area contributed by atoms with Crippen LogP contribution in [-0.4, -0.2) is 16.3 Å². The van der Waals surface area contributed by atoms with Gasteiger partial charge in [-0.05, 0) is 42.3 Å². The molecule has 0 saturated carbocycles. The summed E-state index contributed by atoms with van der Waals surface area (Å²) in [6, 6.07) is 11.1. The Bertz CT molecular complexity index is 780. The first-order valence-corrected chi connectivity index (χ1v) is 8.40. The van der Waals surface area contributed by atoms with Crippen molar-refractivity contribution in [1.82, 2.24) is 5.32 Å². The topological polar surface area (TPSA) is 41.5 Å². The molecule has 118 valence electrons. The summed E-state index contributed by atoms with van der Waals surface area (Å²) in [5, 5.41) is 3.83. The monoisotopic (exact) mass is 368 g/mol. The minimum absolute atomic E-state index is 0.113. The highest BCUT2D eigenvalue weighted by Crippen LogP contribution is 2.29. The van der Waals surface area contributed by atoms with E-state index in [1.54, 1.807) is 30.3 Å². The summed E-state index contributed by atoms with van der Waals surface area (Å²) >= 11 is 13.2. The van der Waals surface area contributed by atoms with E-state index in [4.69, 9.17) is 23.2 Å². The van der Waals surface area contributed by atoms with E-state index in [2.05, 4.69) is 10.3 Å². The quantitative estimate of drug-likeness (QED) is 0.860. The number of hydrogen-bond donors (Lipinski definition) is 1. The molecule has 1 fully saturated rings. The van der Waals surface area contributed by atoms with Crippen molar-refractivity contribution in [3.63, 3.8) is 0 Å². The highest BCUT2D eigenvalue weighted by molar-refractivity contribution is 8.15. The van der Waals surface area contributed by atoms with Crippen molar-refractivity contribution in [2.24, 2.45) is 4.99 Å². The van der Waals surface area contributed by atoms with Gasteiger partial charge in [0.25, 0.3) is 0 Å². The first-order chi connectivity index (χ1) is 11.0. The third-order valence-corrected chi connectivity index (χ3v) is 5.07. The van der Waals surface area contributed by atoms with Crippen LogP contribution in [0, 0.1) is 5.82 Å². The Morgan fingerprint density at radius 1 is 1.13 bits per heavy atom. The van der Waals surface area contributed by atoms with E-state index in [-0.39, 0.29) is 17.0 Å². The average molecular weight is 369 g/mol. The number of thioether (sulfide) groups is 1. The number of hydrogen-bond acceptors (Lipinski definition) is 3. The predicted octanol–water partition coefficient (Wildman–Crippen LogP) is 4.59. The van der Waals surface area contributed by atoms with Crippen LogP contribution in [0.5, 0.6) is 0 Å². The van der Waals surface area contributed by atoms with Crippen molar-refractivity contribution in [3.8, 4) is 0 Å². The highest BCUT2D eigenvalue weighted by Gasteiger charge is 2.30. The first kappa shape index (κ1) is 16.3. The number of benzene rings is 2. The third-order valence-electron chi connectivity index (χ3n) is 3.24. The van der Waals surface area contributed by atoms with Crippen molar-refractivity contribution in [2.75, 3.05) is 0 Å². The fourth-order valence-corrected chi connectivity index (χ4v) is 3.42. The van der Waals surface area contributed by atoms with Gasteiger partial charge in [0.1, 0.15) is 5.82 Å². The molecule has 1 heterocycles. The number of rotatable bonds is 3. The van der Waals surface area contributed by atoms with Gasteiger partial charge in [-0.1, -0.05) is 47.1 Å². The number of carbonyl (C=O) groups is 1. The molecular formula is C16H11Cl2FN2OS. The van der Waals surface area contributed by atoms with Gasteiger partial charge < -0.3 is 5.32 Å². The van der Waals surface area contributed by atoms with Crippen molar-refractivity contribution in [1.29, 1.82) is 0 Å². The number of amidine groups is 1. The van der Waals surface area contributed by atoms with Gasteiger partial charge >= 0.3 is 0 Å².